The molecule has 1 saturated carbocycles. The van der Waals surface area contributed by atoms with Crippen molar-refractivity contribution in [3.05, 3.63) is 0 Å². The molecule has 1 fully saturated rings. The number of carbonyl (C=O) groups is 1. The Morgan fingerprint density at radius 1 is 1.26 bits per heavy atom. The number of hydrogen-bond acceptors (Lipinski definition) is 3. The highest BCUT2D eigenvalue weighted by Gasteiger charge is 2.41. The van der Waals surface area contributed by atoms with Gasteiger partial charge in [-0.2, -0.15) is 0 Å². The van der Waals surface area contributed by atoms with Crippen molar-refractivity contribution in [2.75, 3.05) is 13.1 Å². The summed E-state index contributed by atoms with van der Waals surface area (Å²) in [5.74, 6) is 1.28. The highest BCUT2D eigenvalue weighted by Crippen LogP contribution is 2.39. The fourth-order valence-corrected chi connectivity index (χ4v) is 2.08. The van der Waals surface area contributed by atoms with Crippen LogP contribution in [-0.2, 0) is 4.74 Å². The van der Waals surface area contributed by atoms with Gasteiger partial charge in [-0.3, -0.25) is 0 Å². The van der Waals surface area contributed by atoms with Crippen molar-refractivity contribution >= 4 is 6.09 Å². The molecule has 0 aromatic rings. The first kappa shape index (κ1) is 16.3. The molecule has 0 bridgehead atoms. The van der Waals surface area contributed by atoms with Crippen LogP contribution in [0.15, 0.2) is 0 Å². The maximum atomic E-state index is 11.7. The lowest BCUT2D eigenvalue weighted by atomic mass is 9.95. The van der Waals surface area contributed by atoms with E-state index in [1.54, 1.807) is 0 Å². The predicted octanol–water partition coefficient (Wildman–Crippen LogP) is 2.93. The van der Waals surface area contributed by atoms with Crippen LogP contribution in [0, 0.1) is 11.8 Å². The van der Waals surface area contributed by atoms with Gasteiger partial charge in [0.15, 0.2) is 0 Å². The molecule has 0 aromatic heterocycles. The molecule has 1 aliphatic rings. The molecule has 0 heterocycles. The van der Waals surface area contributed by atoms with Crippen LogP contribution >= 0.6 is 0 Å². The quantitative estimate of drug-likeness (QED) is 0.780. The van der Waals surface area contributed by atoms with Crippen LogP contribution in [0.3, 0.4) is 0 Å². The van der Waals surface area contributed by atoms with Gasteiger partial charge in [-0.15, -0.1) is 0 Å². The van der Waals surface area contributed by atoms with Crippen LogP contribution < -0.4 is 10.6 Å². The third-order valence-electron chi connectivity index (χ3n) is 3.39. The molecule has 112 valence electrons. The second kappa shape index (κ2) is 6.12. The van der Waals surface area contributed by atoms with Gasteiger partial charge < -0.3 is 15.4 Å². The summed E-state index contributed by atoms with van der Waals surface area (Å²) in [5.41, 5.74) is -0.452. The lowest BCUT2D eigenvalue weighted by Gasteiger charge is -2.33. The normalized spacial score (nSPS) is 19.1. The van der Waals surface area contributed by atoms with Gasteiger partial charge in [0, 0.05) is 12.1 Å². The van der Waals surface area contributed by atoms with Gasteiger partial charge in [-0.1, -0.05) is 13.8 Å². The first-order chi connectivity index (χ1) is 8.62. The summed E-state index contributed by atoms with van der Waals surface area (Å²) in [6.45, 7) is 13.8. The summed E-state index contributed by atoms with van der Waals surface area (Å²) in [4.78, 5) is 11.7. The third-order valence-corrected chi connectivity index (χ3v) is 3.39. The Morgan fingerprint density at radius 2 is 1.84 bits per heavy atom. The van der Waals surface area contributed by atoms with Gasteiger partial charge in [-0.25, -0.2) is 4.79 Å². The van der Waals surface area contributed by atoms with Crippen LogP contribution in [0.25, 0.3) is 0 Å². The molecule has 0 spiro atoms. The van der Waals surface area contributed by atoms with Crippen LogP contribution in [0.5, 0.6) is 0 Å². The minimum absolute atomic E-state index is 0.0127. The average Bonchev–Trinajstić information content (AvgIpc) is 3.05. The molecule has 19 heavy (non-hydrogen) atoms. The topological polar surface area (TPSA) is 50.4 Å². The van der Waals surface area contributed by atoms with E-state index >= 15 is 0 Å². The summed E-state index contributed by atoms with van der Waals surface area (Å²) >= 11 is 0. The standard InChI is InChI=1S/C15H30N2O2/c1-11(2)9-17-15(6,12-7-8-12)10-16-13(18)19-14(3,4)5/h11-12,17H,7-10H2,1-6H3,(H,16,18). The first-order valence-electron chi connectivity index (χ1n) is 7.34. The number of alkyl carbamates (subject to hydrolysis) is 1. The summed E-state index contributed by atoms with van der Waals surface area (Å²) in [6.07, 6.45) is 2.17. The minimum Gasteiger partial charge on any atom is -0.444 e. The average molecular weight is 270 g/mol. The van der Waals surface area contributed by atoms with E-state index in [-0.39, 0.29) is 11.6 Å². The van der Waals surface area contributed by atoms with E-state index in [0.717, 1.165) is 6.54 Å². The highest BCUT2D eigenvalue weighted by molar-refractivity contribution is 5.67. The molecule has 2 N–H and O–H groups in total. The molecule has 4 nitrogen and oxygen atoms in total. The predicted molar refractivity (Wildman–Crippen MR) is 78.2 cm³/mol. The smallest absolute Gasteiger partial charge is 0.407 e. The summed E-state index contributed by atoms with van der Waals surface area (Å²) in [7, 11) is 0. The molecule has 1 aliphatic carbocycles. The van der Waals surface area contributed by atoms with Crippen LogP contribution in [0.2, 0.25) is 0 Å². The SMILES string of the molecule is CC(C)CNC(C)(CNC(=O)OC(C)(C)C)C1CC1. The highest BCUT2D eigenvalue weighted by atomic mass is 16.6. The van der Waals surface area contributed by atoms with Gasteiger partial charge in [0.2, 0.25) is 0 Å². The van der Waals surface area contributed by atoms with Gasteiger partial charge in [0.05, 0.1) is 0 Å². The Balaban J connectivity index is 2.43. The van der Waals surface area contributed by atoms with E-state index in [4.69, 9.17) is 4.74 Å². The fraction of sp³-hybridized carbons (Fsp3) is 0.933. The fourth-order valence-electron chi connectivity index (χ4n) is 2.08. The van der Waals surface area contributed by atoms with Crippen molar-refractivity contribution < 1.29 is 9.53 Å². The molecule has 0 aromatic carbocycles. The zero-order chi connectivity index (χ0) is 14.7. The molecule has 0 saturated heterocycles. The zero-order valence-corrected chi connectivity index (χ0v) is 13.3. The summed E-state index contributed by atoms with van der Waals surface area (Å²) in [6, 6.07) is 0. The van der Waals surface area contributed by atoms with E-state index in [1.807, 2.05) is 20.8 Å². The van der Waals surface area contributed by atoms with Crippen molar-refractivity contribution in [1.82, 2.24) is 10.6 Å². The van der Waals surface area contributed by atoms with Crippen molar-refractivity contribution in [2.45, 2.75) is 65.5 Å². The number of nitrogens with one attached hydrogen (secondary N) is 2. The van der Waals surface area contributed by atoms with E-state index in [1.165, 1.54) is 12.8 Å². The number of hydrogen-bond donors (Lipinski definition) is 2. The Morgan fingerprint density at radius 3 is 2.26 bits per heavy atom. The minimum atomic E-state index is -0.439. The second-order valence-electron chi connectivity index (χ2n) is 7.32. The lowest BCUT2D eigenvalue weighted by molar-refractivity contribution is 0.0507. The molecule has 1 amide bonds. The van der Waals surface area contributed by atoms with Crippen molar-refractivity contribution in [1.29, 1.82) is 0 Å². The van der Waals surface area contributed by atoms with Crippen LogP contribution in [0.1, 0.15) is 54.4 Å². The molecule has 4 heteroatoms. The van der Waals surface area contributed by atoms with Gasteiger partial charge in [0.1, 0.15) is 5.60 Å². The first-order valence-corrected chi connectivity index (χ1v) is 7.34. The molecule has 1 unspecified atom stereocenters. The second-order valence-corrected chi connectivity index (χ2v) is 7.32. The molecule has 1 atom stereocenters. The van der Waals surface area contributed by atoms with E-state index < -0.39 is 5.60 Å². The van der Waals surface area contributed by atoms with Gasteiger partial charge >= 0.3 is 6.09 Å². The molecule has 0 aliphatic heterocycles. The van der Waals surface area contributed by atoms with Crippen molar-refractivity contribution in [3.63, 3.8) is 0 Å². The number of rotatable bonds is 6. The third kappa shape index (κ3) is 6.28. The molecule has 1 rings (SSSR count). The Labute approximate surface area is 117 Å². The van der Waals surface area contributed by atoms with Gasteiger partial charge in [0.25, 0.3) is 0 Å². The van der Waals surface area contributed by atoms with E-state index in [2.05, 4.69) is 31.4 Å². The van der Waals surface area contributed by atoms with Crippen molar-refractivity contribution in [3.8, 4) is 0 Å². The molecular formula is C15H30N2O2. The Hall–Kier alpha value is -0.770. The number of ether oxygens (including phenoxy) is 1. The van der Waals surface area contributed by atoms with Crippen molar-refractivity contribution in [2.24, 2.45) is 11.8 Å². The number of amides is 1. The van der Waals surface area contributed by atoms with E-state index in [0.29, 0.717) is 18.4 Å². The summed E-state index contributed by atoms with van der Waals surface area (Å²) < 4.78 is 5.28. The summed E-state index contributed by atoms with van der Waals surface area (Å²) in [5, 5.41) is 6.51. The zero-order valence-electron chi connectivity index (χ0n) is 13.3. The van der Waals surface area contributed by atoms with Crippen LogP contribution in [-0.4, -0.2) is 30.3 Å². The Kier molecular flexibility index (Phi) is 5.25. The van der Waals surface area contributed by atoms with Crippen LogP contribution in [0.4, 0.5) is 4.79 Å². The lowest BCUT2D eigenvalue weighted by Crippen LogP contribution is -2.54. The number of carbonyl (C=O) groups excluding carboxylic acids is 1. The Bertz CT molecular complexity index is 306. The van der Waals surface area contributed by atoms with E-state index in [9.17, 15) is 4.79 Å². The largest absolute Gasteiger partial charge is 0.444 e. The molecular weight excluding hydrogens is 240 g/mol. The monoisotopic (exact) mass is 270 g/mol. The van der Waals surface area contributed by atoms with Gasteiger partial charge in [-0.05, 0) is 58.9 Å². The maximum Gasteiger partial charge on any atom is 0.407 e. The molecule has 0 radical (unpaired) electrons. The maximum absolute atomic E-state index is 11.7.